The molecule has 1 saturated heterocycles. The lowest BCUT2D eigenvalue weighted by atomic mass is 10.1. The molecule has 0 bridgehead atoms. The van der Waals surface area contributed by atoms with Crippen LogP contribution >= 0.6 is 0 Å². The number of amides is 1. The van der Waals surface area contributed by atoms with E-state index in [0.29, 0.717) is 17.5 Å². The van der Waals surface area contributed by atoms with Gasteiger partial charge in [0.15, 0.2) is 0 Å². The number of nitrogens with zero attached hydrogens (tertiary/aromatic N) is 3. The monoisotopic (exact) mass is 235 g/mol. The Kier molecular flexibility index (Phi) is 3.44. The molecule has 1 atom stereocenters. The van der Waals surface area contributed by atoms with Gasteiger partial charge in [-0.25, -0.2) is 0 Å². The molecule has 0 unspecified atom stereocenters. The summed E-state index contributed by atoms with van der Waals surface area (Å²) in [7, 11) is 0. The molecule has 0 N–H and O–H groups in total. The summed E-state index contributed by atoms with van der Waals surface area (Å²) in [5.41, 5.74) is 8.10. The van der Waals surface area contributed by atoms with E-state index in [2.05, 4.69) is 4.79 Å². The molecule has 88 valence electrons. The van der Waals surface area contributed by atoms with E-state index in [0.717, 1.165) is 0 Å². The highest BCUT2D eigenvalue weighted by atomic mass is 19.4. The Bertz CT molecular complexity index is 360. The maximum Gasteiger partial charge on any atom is 0.471 e. The summed E-state index contributed by atoms with van der Waals surface area (Å²) in [6.07, 6.45) is -4.02. The number of carbonyl (C=O) groups is 2. The van der Waals surface area contributed by atoms with E-state index in [1.165, 1.54) is 0 Å². The van der Waals surface area contributed by atoms with E-state index in [-0.39, 0.29) is 13.0 Å². The van der Waals surface area contributed by atoms with E-state index in [1.807, 2.05) is 0 Å². The lowest BCUT2D eigenvalue weighted by molar-refractivity contribution is -0.186. The number of hydrogen-bond acceptors (Lipinski definition) is 2. The molecule has 8 heteroatoms. The maximum absolute atomic E-state index is 12.1. The highest BCUT2D eigenvalue weighted by Crippen LogP contribution is 2.25. The van der Waals surface area contributed by atoms with Gasteiger partial charge in [-0.15, -0.1) is 0 Å². The Morgan fingerprint density at radius 2 is 2.06 bits per heavy atom. The topological polar surface area (TPSA) is 73.8 Å². The van der Waals surface area contributed by atoms with Crippen LogP contribution in [0, 0.1) is 0 Å². The first kappa shape index (κ1) is 12.4. The summed E-state index contributed by atoms with van der Waals surface area (Å²) in [5.74, 6) is -2.84. The third-order valence-corrected chi connectivity index (χ3v) is 2.27. The van der Waals surface area contributed by atoms with Crippen LogP contribution in [0.25, 0.3) is 5.53 Å². The molecule has 0 radical (unpaired) electrons. The van der Waals surface area contributed by atoms with Gasteiger partial charge in [0.05, 0.1) is 0 Å². The molecule has 0 aromatic heterocycles. The van der Waals surface area contributed by atoms with E-state index in [4.69, 9.17) is 5.53 Å². The van der Waals surface area contributed by atoms with Gasteiger partial charge in [0.25, 0.3) is 5.78 Å². The van der Waals surface area contributed by atoms with Crippen LogP contribution in [0.1, 0.15) is 12.8 Å². The molecule has 1 amide bonds. The minimum atomic E-state index is -4.99. The maximum atomic E-state index is 12.1. The van der Waals surface area contributed by atoms with Gasteiger partial charge < -0.3 is 10.4 Å². The quantitative estimate of drug-likeness (QED) is 0.395. The van der Waals surface area contributed by atoms with Crippen LogP contribution in [0.15, 0.2) is 0 Å². The number of rotatable bonds is 2. The number of alkyl halides is 3. The van der Waals surface area contributed by atoms with Crippen LogP contribution in [0.2, 0.25) is 0 Å². The highest BCUT2D eigenvalue weighted by Gasteiger charge is 2.47. The number of carbonyl (C=O) groups excluding carboxylic acids is 2. The van der Waals surface area contributed by atoms with Crippen molar-refractivity contribution >= 4 is 17.9 Å². The highest BCUT2D eigenvalue weighted by molar-refractivity contribution is 6.28. The molecule has 16 heavy (non-hydrogen) atoms. The summed E-state index contributed by atoms with van der Waals surface area (Å²) >= 11 is 0. The van der Waals surface area contributed by atoms with E-state index in [9.17, 15) is 22.8 Å². The minimum Gasteiger partial charge on any atom is -0.361 e. The van der Waals surface area contributed by atoms with Gasteiger partial charge in [-0.05, 0) is 12.8 Å². The number of ketones is 1. The zero-order chi connectivity index (χ0) is 12.3. The molecule has 1 aliphatic rings. The molecule has 0 aromatic carbocycles. The van der Waals surface area contributed by atoms with E-state index >= 15 is 0 Å². The van der Waals surface area contributed by atoms with Crippen molar-refractivity contribution in [3.63, 3.8) is 0 Å². The Morgan fingerprint density at radius 3 is 2.56 bits per heavy atom. The molecular weight excluding hydrogens is 227 g/mol. The smallest absolute Gasteiger partial charge is 0.361 e. The second-order valence-electron chi connectivity index (χ2n) is 3.30. The molecule has 0 aliphatic carbocycles. The van der Waals surface area contributed by atoms with Gasteiger partial charge in [-0.1, -0.05) is 0 Å². The molecule has 5 nitrogen and oxygen atoms in total. The standard InChI is InChI=1S/C8H8F3N3O2/c9-8(10,11)7(16)14-3-1-2-5(14)6(15)4-13-12/h4-5H,1-3H2/t5-/m0/s1. The molecule has 0 aromatic rings. The van der Waals surface area contributed by atoms with Gasteiger partial charge in [0.1, 0.15) is 6.04 Å². The summed E-state index contributed by atoms with van der Waals surface area (Å²) in [4.78, 5) is 25.0. The van der Waals surface area contributed by atoms with Crippen molar-refractivity contribution in [3.8, 4) is 0 Å². The van der Waals surface area contributed by atoms with Crippen molar-refractivity contribution in [1.82, 2.24) is 4.90 Å². The fraction of sp³-hybridized carbons (Fsp3) is 0.625. The van der Waals surface area contributed by atoms with Crippen LogP contribution in [0.3, 0.4) is 0 Å². The number of Topliss-reactive ketones (excluding diaryl/α,β-unsaturated/α-hetero) is 1. The first-order valence-electron chi connectivity index (χ1n) is 4.47. The molecule has 1 heterocycles. The first-order valence-corrected chi connectivity index (χ1v) is 4.47. The zero-order valence-corrected chi connectivity index (χ0v) is 8.07. The van der Waals surface area contributed by atoms with Crippen molar-refractivity contribution in [3.05, 3.63) is 5.53 Å². The number of hydrogen-bond donors (Lipinski definition) is 0. The predicted molar refractivity (Wildman–Crippen MR) is 45.5 cm³/mol. The Balaban J connectivity index is 2.85. The van der Waals surface area contributed by atoms with Crippen molar-refractivity contribution in [2.45, 2.75) is 25.1 Å². The largest absolute Gasteiger partial charge is 0.471 e. The molecular formula is C8H8F3N3O2. The Hall–Kier alpha value is -1.69. The van der Waals surface area contributed by atoms with E-state index in [1.54, 1.807) is 0 Å². The van der Waals surface area contributed by atoms with Gasteiger partial charge in [0, 0.05) is 6.54 Å². The van der Waals surface area contributed by atoms with E-state index < -0.39 is 23.9 Å². The second kappa shape index (κ2) is 4.44. The normalized spacial score (nSPS) is 20.4. The first-order chi connectivity index (χ1) is 7.38. The van der Waals surface area contributed by atoms with Crippen LogP contribution < -0.4 is 0 Å². The molecule has 1 aliphatic heterocycles. The average molecular weight is 235 g/mol. The van der Waals surface area contributed by atoms with Crippen LogP contribution in [0.5, 0.6) is 0 Å². The third-order valence-electron chi connectivity index (χ3n) is 2.27. The molecule has 1 fully saturated rings. The van der Waals surface area contributed by atoms with Crippen LogP contribution in [0.4, 0.5) is 13.2 Å². The fourth-order valence-corrected chi connectivity index (χ4v) is 1.61. The average Bonchev–Trinajstić information content (AvgIpc) is 2.63. The zero-order valence-electron chi connectivity index (χ0n) is 8.07. The van der Waals surface area contributed by atoms with Crippen molar-refractivity contribution in [1.29, 1.82) is 0 Å². The van der Waals surface area contributed by atoms with Crippen molar-refractivity contribution in [2.24, 2.45) is 0 Å². The molecule has 1 rings (SSSR count). The van der Waals surface area contributed by atoms with Gasteiger partial charge in [-0.3, -0.25) is 9.59 Å². The minimum absolute atomic E-state index is 0.117. The number of likely N-dealkylation sites (tertiary alicyclic amines) is 1. The van der Waals surface area contributed by atoms with Crippen molar-refractivity contribution in [2.75, 3.05) is 6.54 Å². The summed E-state index contributed by atoms with van der Waals surface area (Å²) in [6, 6.07) is -1.18. The Labute approximate surface area is 88.4 Å². The van der Waals surface area contributed by atoms with Gasteiger partial charge >= 0.3 is 18.3 Å². The fourth-order valence-electron chi connectivity index (χ4n) is 1.61. The van der Waals surface area contributed by atoms with Crippen molar-refractivity contribution < 1.29 is 27.6 Å². The second-order valence-corrected chi connectivity index (χ2v) is 3.30. The van der Waals surface area contributed by atoms with Gasteiger partial charge in [-0.2, -0.15) is 18.0 Å². The third kappa shape index (κ3) is 2.46. The lowest BCUT2D eigenvalue weighted by Crippen LogP contribution is -2.47. The SMILES string of the molecule is [N-]=[N+]=CC(=O)[C@@H]1CCCN1C(=O)C(F)(F)F. The number of halogens is 3. The molecule has 0 spiro atoms. The summed E-state index contributed by atoms with van der Waals surface area (Å²) < 4.78 is 36.4. The predicted octanol–water partition coefficient (Wildman–Crippen LogP) is 0.409. The summed E-state index contributed by atoms with van der Waals surface area (Å²) in [5, 5.41) is 0. The Morgan fingerprint density at radius 1 is 1.44 bits per heavy atom. The van der Waals surface area contributed by atoms with Gasteiger partial charge in [0.2, 0.25) is 0 Å². The lowest BCUT2D eigenvalue weighted by Gasteiger charge is -2.22. The van der Waals surface area contributed by atoms with Crippen LogP contribution in [-0.4, -0.2) is 46.4 Å². The van der Waals surface area contributed by atoms with Crippen LogP contribution in [-0.2, 0) is 9.59 Å². The summed E-state index contributed by atoms with van der Waals surface area (Å²) in [6.45, 7) is -0.117. The molecule has 0 saturated carbocycles.